The first-order valence-electron chi connectivity index (χ1n) is 6.57. The number of amides is 1. The van der Waals surface area contributed by atoms with E-state index < -0.39 is 0 Å². The van der Waals surface area contributed by atoms with E-state index in [0.717, 1.165) is 12.0 Å². The van der Waals surface area contributed by atoms with Crippen molar-refractivity contribution in [3.63, 3.8) is 0 Å². The summed E-state index contributed by atoms with van der Waals surface area (Å²) in [5.74, 6) is 0.232. The highest BCUT2D eigenvalue weighted by molar-refractivity contribution is 6.35. The van der Waals surface area contributed by atoms with Crippen LogP contribution in [0.4, 0.5) is 0 Å². The van der Waals surface area contributed by atoms with E-state index in [0.29, 0.717) is 22.5 Å². The Kier molecular flexibility index (Phi) is 5.08. The fourth-order valence-corrected chi connectivity index (χ4v) is 2.93. The van der Waals surface area contributed by atoms with Crippen molar-refractivity contribution >= 4 is 35.2 Å². The van der Waals surface area contributed by atoms with Crippen molar-refractivity contribution in [1.29, 1.82) is 0 Å². The fourth-order valence-electron chi connectivity index (χ4n) is 2.45. The number of aliphatic hydroxyl groups is 1. The molecule has 108 valence electrons. The summed E-state index contributed by atoms with van der Waals surface area (Å²) in [5.41, 5.74) is 0.747. The largest absolute Gasteiger partial charge is 0.394 e. The van der Waals surface area contributed by atoms with Gasteiger partial charge in [0.15, 0.2) is 0 Å². The van der Waals surface area contributed by atoms with E-state index in [1.54, 1.807) is 29.2 Å². The minimum Gasteiger partial charge on any atom is -0.394 e. The van der Waals surface area contributed by atoms with Crippen molar-refractivity contribution in [2.45, 2.75) is 19.4 Å². The predicted molar refractivity (Wildman–Crippen MR) is 81.9 cm³/mol. The summed E-state index contributed by atoms with van der Waals surface area (Å²) < 4.78 is 0. The lowest BCUT2D eigenvalue weighted by atomic mass is 10.0. The number of halogens is 2. The van der Waals surface area contributed by atoms with Gasteiger partial charge in [-0.3, -0.25) is 4.79 Å². The maximum Gasteiger partial charge on any atom is 0.246 e. The molecule has 0 bridgehead atoms. The van der Waals surface area contributed by atoms with Gasteiger partial charge < -0.3 is 10.0 Å². The molecule has 1 aromatic rings. The van der Waals surface area contributed by atoms with Crippen LogP contribution in [-0.2, 0) is 4.79 Å². The van der Waals surface area contributed by atoms with Crippen LogP contribution >= 0.6 is 23.2 Å². The van der Waals surface area contributed by atoms with E-state index in [1.807, 2.05) is 6.92 Å². The second-order valence-corrected chi connectivity index (χ2v) is 5.89. The molecule has 1 amide bonds. The molecule has 1 aliphatic rings. The van der Waals surface area contributed by atoms with Crippen LogP contribution in [0.3, 0.4) is 0 Å². The number of likely N-dealkylation sites (tertiary alicyclic amines) is 1. The maximum atomic E-state index is 12.2. The fraction of sp³-hybridized carbons (Fsp3) is 0.400. The van der Waals surface area contributed by atoms with Gasteiger partial charge in [0.25, 0.3) is 0 Å². The van der Waals surface area contributed by atoms with E-state index in [4.69, 9.17) is 23.2 Å². The Morgan fingerprint density at radius 3 is 2.90 bits per heavy atom. The Bertz CT molecular complexity index is 531. The molecular weight excluding hydrogens is 297 g/mol. The molecule has 1 saturated heterocycles. The van der Waals surface area contributed by atoms with E-state index in [1.165, 1.54) is 6.08 Å². The number of rotatable bonds is 3. The van der Waals surface area contributed by atoms with Crippen LogP contribution in [0.5, 0.6) is 0 Å². The SMILES string of the molecule is CC1CCN(C(=O)/C=C/c2ccc(Cl)cc2Cl)C1CO. The summed E-state index contributed by atoms with van der Waals surface area (Å²) in [5, 5.41) is 10.4. The quantitative estimate of drug-likeness (QED) is 0.870. The van der Waals surface area contributed by atoms with Crippen LogP contribution in [-0.4, -0.2) is 35.1 Å². The number of carbonyl (C=O) groups is 1. The summed E-state index contributed by atoms with van der Waals surface area (Å²) in [7, 11) is 0. The first-order chi connectivity index (χ1) is 9.52. The second kappa shape index (κ2) is 6.61. The van der Waals surface area contributed by atoms with Gasteiger partial charge in [-0.25, -0.2) is 0 Å². The van der Waals surface area contributed by atoms with E-state index in [9.17, 15) is 9.90 Å². The molecule has 0 spiro atoms. The molecule has 0 radical (unpaired) electrons. The van der Waals surface area contributed by atoms with Crippen molar-refractivity contribution in [2.24, 2.45) is 5.92 Å². The molecule has 1 aliphatic heterocycles. The molecule has 1 N–H and O–H groups in total. The highest BCUT2D eigenvalue weighted by atomic mass is 35.5. The lowest BCUT2D eigenvalue weighted by Gasteiger charge is -2.23. The van der Waals surface area contributed by atoms with Crippen molar-refractivity contribution in [2.75, 3.05) is 13.2 Å². The Morgan fingerprint density at radius 2 is 2.25 bits per heavy atom. The Balaban J connectivity index is 2.09. The Labute approximate surface area is 128 Å². The number of benzene rings is 1. The third-order valence-corrected chi connectivity index (χ3v) is 4.28. The van der Waals surface area contributed by atoms with Gasteiger partial charge in [-0.2, -0.15) is 0 Å². The average molecular weight is 314 g/mol. The Hall–Kier alpha value is -1.03. The molecular formula is C15H17Cl2NO2. The average Bonchev–Trinajstić information content (AvgIpc) is 2.78. The molecule has 0 saturated carbocycles. The third-order valence-electron chi connectivity index (χ3n) is 3.72. The lowest BCUT2D eigenvalue weighted by Crippen LogP contribution is -2.38. The third kappa shape index (κ3) is 3.35. The molecule has 1 heterocycles. The van der Waals surface area contributed by atoms with E-state index in [-0.39, 0.29) is 18.6 Å². The van der Waals surface area contributed by atoms with Crippen LogP contribution in [0.25, 0.3) is 6.08 Å². The standard InChI is InChI=1S/C15H17Cl2NO2/c1-10-6-7-18(14(10)9-19)15(20)5-3-11-2-4-12(16)8-13(11)17/h2-5,8,10,14,19H,6-7,9H2,1H3/b5-3+. The van der Waals surface area contributed by atoms with Gasteiger partial charge in [0.1, 0.15) is 0 Å². The topological polar surface area (TPSA) is 40.5 Å². The number of nitrogens with zero attached hydrogens (tertiary/aromatic N) is 1. The van der Waals surface area contributed by atoms with Crippen molar-refractivity contribution in [3.8, 4) is 0 Å². The van der Waals surface area contributed by atoms with Gasteiger partial charge in [0.05, 0.1) is 12.6 Å². The molecule has 2 atom stereocenters. The molecule has 3 nitrogen and oxygen atoms in total. The van der Waals surface area contributed by atoms with E-state index >= 15 is 0 Å². The number of hydrogen-bond donors (Lipinski definition) is 1. The van der Waals surface area contributed by atoms with Gasteiger partial charge in [-0.05, 0) is 36.1 Å². The number of aliphatic hydroxyl groups excluding tert-OH is 1. The minimum absolute atomic E-state index is 0.00243. The van der Waals surface area contributed by atoms with Gasteiger partial charge in [0.2, 0.25) is 5.91 Å². The molecule has 1 aromatic carbocycles. The smallest absolute Gasteiger partial charge is 0.246 e. The Morgan fingerprint density at radius 1 is 1.50 bits per heavy atom. The van der Waals surface area contributed by atoms with Crippen molar-refractivity contribution in [3.05, 3.63) is 39.9 Å². The van der Waals surface area contributed by atoms with Crippen LogP contribution in [0.15, 0.2) is 24.3 Å². The van der Waals surface area contributed by atoms with Crippen molar-refractivity contribution < 1.29 is 9.90 Å². The maximum absolute atomic E-state index is 12.2. The van der Waals surface area contributed by atoms with Crippen LogP contribution in [0.2, 0.25) is 10.0 Å². The lowest BCUT2D eigenvalue weighted by molar-refractivity contribution is -0.127. The molecule has 2 rings (SSSR count). The second-order valence-electron chi connectivity index (χ2n) is 5.05. The summed E-state index contributed by atoms with van der Waals surface area (Å²) >= 11 is 11.9. The predicted octanol–water partition coefficient (Wildman–Crippen LogP) is 3.24. The monoisotopic (exact) mass is 313 g/mol. The molecule has 2 unspecified atom stereocenters. The molecule has 0 aliphatic carbocycles. The molecule has 0 aromatic heterocycles. The molecule has 1 fully saturated rings. The van der Waals surface area contributed by atoms with Crippen LogP contribution in [0, 0.1) is 5.92 Å². The first kappa shape index (κ1) is 15.4. The zero-order valence-electron chi connectivity index (χ0n) is 11.2. The summed E-state index contributed by atoms with van der Waals surface area (Å²) in [6.07, 6.45) is 4.10. The summed E-state index contributed by atoms with van der Waals surface area (Å²) in [4.78, 5) is 13.9. The van der Waals surface area contributed by atoms with Crippen LogP contribution < -0.4 is 0 Å². The van der Waals surface area contributed by atoms with Gasteiger partial charge in [-0.15, -0.1) is 0 Å². The van der Waals surface area contributed by atoms with Crippen LogP contribution in [0.1, 0.15) is 18.9 Å². The minimum atomic E-state index is -0.0978. The summed E-state index contributed by atoms with van der Waals surface area (Å²) in [6.45, 7) is 2.74. The highest BCUT2D eigenvalue weighted by Gasteiger charge is 2.32. The van der Waals surface area contributed by atoms with Gasteiger partial charge >= 0.3 is 0 Å². The molecule has 20 heavy (non-hydrogen) atoms. The normalized spacial score (nSPS) is 22.7. The zero-order chi connectivity index (χ0) is 14.7. The van der Waals surface area contributed by atoms with Gasteiger partial charge in [0, 0.05) is 22.7 Å². The van der Waals surface area contributed by atoms with Gasteiger partial charge in [-0.1, -0.05) is 36.2 Å². The van der Waals surface area contributed by atoms with Crippen molar-refractivity contribution in [1.82, 2.24) is 4.90 Å². The first-order valence-corrected chi connectivity index (χ1v) is 7.33. The van der Waals surface area contributed by atoms with E-state index in [2.05, 4.69) is 0 Å². The molecule has 5 heteroatoms. The summed E-state index contributed by atoms with van der Waals surface area (Å²) in [6, 6.07) is 5.05. The highest BCUT2D eigenvalue weighted by Crippen LogP contribution is 2.25. The zero-order valence-corrected chi connectivity index (χ0v) is 12.7. The number of hydrogen-bond acceptors (Lipinski definition) is 2. The number of carbonyl (C=O) groups excluding carboxylic acids is 1.